The summed E-state index contributed by atoms with van der Waals surface area (Å²) >= 11 is 0. The van der Waals surface area contributed by atoms with E-state index in [2.05, 4.69) is 5.32 Å². The molecule has 0 aliphatic heterocycles. The SMILES string of the molecule is CCN(CCOC)S(=O)(=O)c1ccc(OC)c(CNC)c1. The molecule has 0 fully saturated rings. The molecule has 1 rings (SSSR count). The van der Waals surface area contributed by atoms with E-state index in [1.165, 1.54) is 4.31 Å². The van der Waals surface area contributed by atoms with Gasteiger partial charge in [0, 0.05) is 32.3 Å². The van der Waals surface area contributed by atoms with E-state index >= 15 is 0 Å². The van der Waals surface area contributed by atoms with Gasteiger partial charge in [-0.2, -0.15) is 4.31 Å². The third-order valence-corrected chi connectivity index (χ3v) is 5.12. The van der Waals surface area contributed by atoms with Gasteiger partial charge in [-0.1, -0.05) is 6.92 Å². The molecular formula is C14H24N2O4S. The Hall–Kier alpha value is -1.15. The van der Waals surface area contributed by atoms with Crippen molar-refractivity contribution < 1.29 is 17.9 Å². The average Bonchev–Trinajstić information content (AvgIpc) is 2.48. The number of ether oxygens (including phenoxy) is 2. The third kappa shape index (κ3) is 4.41. The summed E-state index contributed by atoms with van der Waals surface area (Å²) < 4.78 is 36.9. The van der Waals surface area contributed by atoms with Gasteiger partial charge in [0.2, 0.25) is 10.0 Å². The molecule has 21 heavy (non-hydrogen) atoms. The molecule has 0 bridgehead atoms. The van der Waals surface area contributed by atoms with Crippen molar-refractivity contribution in [1.29, 1.82) is 0 Å². The molecule has 120 valence electrons. The van der Waals surface area contributed by atoms with Crippen LogP contribution in [0.5, 0.6) is 5.75 Å². The van der Waals surface area contributed by atoms with Crippen LogP contribution in [0.25, 0.3) is 0 Å². The van der Waals surface area contributed by atoms with Gasteiger partial charge < -0.3 is 14.8 Å². The number of sulfonamides is 1. The molecule has 1 aromatic rings. The summed E-state index contributed by atoms with van der Waals surface area (Å²) in [6.07, 6.45) is 0. The summed E-state index contributed by atoms with van der Waals surface area (Å²) in [5.74, 6) is 0.670. The van der Waals surface area contributed by atoms with E-state index in [-0.39, 0.29) is 4.90 Å². The fourth-order valence-corrected chi connectivity index (χ4v) is 3.52. The van der Waals surface area contributed by atoms with Crippen molar-refractivity contribution in [2.75, 3.05) is 41.0 Å². The lowest BCUT2D eigenvalue weighted by molar-refractivity contribution is 0.180. The molecule has 7 heteroatoms. The Bertz CT molecular complexity index is 546. The molecule has 0 aliphatic rings. The maximum absolute atomic E-state index is 12.6. The van der Waals surface area contributed by atoms with Crippen LogP contribution in [0.4, 0.5) is 0 Å². The smallest absolute Gasteiger partial charge is 0.243 e. The number of nitrogens with one attached hydrogen (secondary N) is 1. The quantitative estimate of drug-likeness (QED) is 0.738. The Morgan fingerprint density at radius 1 is 1.29 bits per heavy atom. The summed E-state index contributed by atoms with van der Waals surface area (Å²) in [7, 11) is 1.41. The van der Waals surface area contributed by atoms with E-state index in [4.69, 9.17) is 9.47 Å². The van der Waals surface area contributed by atoms with Crippen molar-refractivity contribution in [3.63, 3.8) is 0 Å². The summed E-state index contributed by atoms with van der Waals surface area (Å²) in [5.41, 5.74) is 0.809. The Morgan fingerprint density at radius 3 is 2.52 bits per heavy atom. The second kappa shape index (κ2) is 8.33. The van der Waals surface area contributed by atoms with E-state index < -0.39 is 10.0 Å². The first-order chi connectivity index (χ1) is 10.0. The van der Waals surface area contributed by atoms with Crippen molar-refractivity contribution in [2.24, 2.45) is 0 Å². The molecule has 1 aromatic carbocycles. The number of benzene rings is 1. The number of hydrogen-bond acceptors (Lipinski definition) is 5. The van der Waals surface area contributed by atoms with Gasteiger partial charge >= 0.3 is 0 Å². The van der Waals surface area contributed by atoms with Crippen LogP contribution in [0, 0.1) is 0 Å². The Labute approximate surface area is 127 Å². The normalized spacial score (nSPS) is 11.9. The Kier molecular flexibility index (Phi) is 7.10. The molecule has 0 heterocycles. The minimum atomic E-state index is -3.52. The maximum Gasteiger partial charge on any atom is 0.243 e. The minimum Gasteiger partial charge on any atom is -0.496 e. The molecule has 6 nitrogen and oxygen atoms in total. The predicted octanol–water partition coefficient (Wildman–Crippen LogP) is 1.07. The van der Waals surface area contributed by atoms with E-state index in [0.29, 0.717) is 32.0 Å². The molecule has 0 aromatic heterocycles. The van der Waals surface area contributed by atoms with Gasteiger partial charge in [0.05, 0.1) is 18.6 Å². The van der Waals surface area contributed by atoms with Crippen molar-refractivity contribution in [3.8, 4) is 5.75 Å². The van der Waals surface area contributed by atoms with Crippen LogP contribution in [-0.4, -0.2) is 53.7 Å². The summed E-state index contributed by atoms with van der Waals surface area (Å²) in [6, 6.07) is 4.91. The van der Waals surface area contributed by atoms with Gasteiger partial charge in [0.1, 0.15) is 5.75 Å². The molecule has 0 aliphatic carbocycles. The largest absolute Gasteiger partial charge is 0.496 e. The third-order valence-electron chi connectivity index (χ3n) is 3.15. The summed E-state index contributed by atoms with van der Waals surface area (Å²) in [4.78, 5) is 0.270. The minimum absolute atomic E-state index is 0.270. The summed E-state index contributed by atoms with van der Waals surface area (Å²) in [5, 5.41) is 3.01. The lowest BCUT2D eigenvalue weighted by atomic mass is 10.2. The molecular weight excluding hydrogens is 292 g/mol. The van der Waals surface area contributed by atoms with E-state index in [1.54, 1.807) is 39.5 Å². The molecule has 1 N–H and O–H groups in total. The molecule has 0 amide bonds. The first kappa shape index (κ1) is 17.9. The van der Waals surface area contributed by atoms with Crippen molar-refractivity contribution in [2.45, 2.75) is 18.4 Å². The monoisotopic (exact) mass is 316 g/mol. The van der Waals surface area contributed by atoms with Gasteiger partial charge in [-0.15, -0.1) is 0 Å². The fourth-order valence-electron chi connectivity index (χ4n) is 2.03. The van der Waals surface area contributed by atoms with Crippen LogP contribution in [0.1, 0.15) is 12.5 Å². The predicted molar refractivity (Wildman–Crippen MR) is 82.1 cm³/mol. The number of methoxy groups -OCH3 is 2. The van der Waals surface area contributed by atoms with Gasteiger partial charge in [0.15, 0.2) is 0 Å². The standard InChI is InChI=1S/C14H24N2O4S/c1-5-16(8-9-19-3)21(17,18)13-6-7-14(20-4)12(10-13)11-15-2/h6-7,10,15H,5,8-9,11H2,1-4H3. The van der Waals surface area contributed by atoms with E-state index in [9.17, 15) is 8.42 Å². The number of rotatable bonds is 9. The fraction of sp³-hybridized carbons (Fsp3) is 0.571. The first-order valence-corrected chi connectivity index (χ1v) is 8.25. The van der Waals surface area contributed by atoms with E-state index in [0.717, 1.165) is 5.56 Å². The molecule has 0 radical (unpaired) electrons. The second-order valence-electron chi connectivity index (χ2n) is 4.49. The maximum atomic E-state index is 12.6. The van der Waals surface area contributed by atoms with Crippen LogP contribution in [0.3, 0.4) is 0 Å². The van der Waals surface area contributed by atoms with E-state index in [1.807, 2.05) is 6.92 Å². The Morgan fingerprint density at radius 2 is 2.00 bits per heavy atom. The lowest BCUT2D eigenvalue weighted by Gasteiger charge is -2.21. The van der Waals surface area contributed by atoms with Crippen LogP contribution in [0.15, 0.2) is 23.1 Å². The second-order valence-corrected chi connectivity index (χ2v) is 6.43. The van der Waals surface area contributed by atoms with Crippen LogP contribution < -0.4 is 10.1 Å². The molecule has 0 saturated heterocycles. The Balaban J connectivity index is 3.14. The van der Waals surface area contributed by atoms with Gasteiger partial charge in [-0.3, -0.25) is 0 Å². The molecule has 0 spiro atoms. The highest BCUT2D eigenvalue weighted by molar-refractivity contribution is 7.89. The van der Waals surface area contributed by atoms with Gasteiger partial charge in [0.25, 0.3) is 0 Å². The topological polar surface area (TPSA) is 67.9 Å². The van der Waals surface area contributed by atoms with Crippen molar-refractivity contribution in [3.05, 3.63) is 23.8 Å². The summed E-state index contributed by atoms with van der Waals surface area (Å²) in [6.45, 7) is 3.45. The van der Waals surface area contributed by atoms with Crippen molar-refractivity contribution in [1.82, 2.24) is 9.62 Å². The number of nitrogens with zero attached hydrogens (tertiary/aromatic N) is 1. The average molecular weight is 316 g/mol. The zero-order valence-corrected chi connectivity index (χ0v) is 13.9. The molecule has 0 saturated carbocycles. The molecule has 0 atom stereocenters. The van der Waals surface area contributed by atoms with Crippen LogP contribution >= 0.6 is 0 Å². The van der Waals surface area contributed by atoms with Gasteiger partial charge in [-0.05, 0) is 25.2 Å². The number of hydrogen-bond donors (Lipinski definition) is 1. The van der Waals surface area contributed by atoms with Crippen LogP contribution in [0.2, 0.25) is 0 Å². The zero-order valence-electron chi connectivity index (χ0n) is 13.0. The lowest BCUT2D eigenvalue weighted by Crippen LogP contribution is -2.33. The highest BCUT2D eigenvalue weighted by Gasteiger charge is 2.23. The van der Waals surface area contributed by atoms with Crippen molar-refractivity contribution >= 4 is 10.0 Å². The highest BCUT2D eigenvalue weighted by atomic mass is 32.2. The van der Waals surface area contributed by atoms with Crippen LogP contribution in [-0.2, 0) is 21.3 Å². The highest BCUT2D eigenvalue weighted by Crippen LogP contribution is 2.24. The van der Waals surface area contributed by atoms with Gasteiger partial charge in [-0.25, -0.2) is 8.42 Å². The molecule has 0 unspecified atom stereocenters. The zero-order chi connectivity index (χ0) is 15.9. The first-order valence-electron chi connectivity index (χ1n) is 6.81. The number of likely N-dealkylation sites (N-methyl/N-ethyl adjacent to an activating group) is 1.